The lowest BCUT2D eigenvalue weighted by atomic mass is 9.85. The van der Waals surface area contributed by atoms with E-state index >= 15 is 0 Å². The zero-order valence-corrected chi connectivity index (χ0v) is 13.8. The molecule has 1 atom stereocenters. The molecule has 0 bridgehead atoms. The molecule has 0 aliphatic carbocycles. The summed E-state index contributed by atoms with van der Waals surface area (Å²) in [6, 6.07) is 17.0. The smallest absolute Gasteiger partial charge is 0.124 e. The van der Waals surface area contributed by atoms with E-state index in [1.54, 1.807) is 0 Å². The van der Waals surface area contributed by atoms with Crippen molar-refractivity contribution >= 4 is 0 Å². The van der Waals surface area contributed by atoms with E-state index in [-0.39, 0.29) is 11.5 Å². The van der Waals surface area contributed by atoms with Crippen molar-refractivity contribution in [1.29, 1.82) is 0 Å². The Labute approximate surface area is 129 Å². The molecule has 2 rings (SSSR count). The van der Waals surface area contributed by atoms with Crippen molar-refractivity contribution in [2.24, 2.45) is 0 Å². The van der Waals surface area contributed by atoms with Gasteiger partial charge < -0.3 is 4.74 Å². The lowest BCUT2D eigenvalue weighted by Crippen LogP contribution is -2.17. The lowest BCUT2D eigenvalue weighted by Gasteiger charge is -2.25. The molecule has 0 amide bonds. The Bertz CT molecular complexity index is 579. The monoisotopic (exact) mass is 282 g/mol. The summed E-state index contributed by atoms with van der Waals surface area (Å²) in [7, 11) is 0. The van der Waals surface area contributed by atoms with Crippen LogP contribution in [0, 0.1) is 0 Å². The molecule has 112 valence electrons. The SMILES string of the molecule is CCC(C)Oc1cc(-c2ccccc2)ccc1C(C)(C)C. The maximum Gasteiger partial charge on any atom is 0.124 e. The number of hydrogen-bond acceptors (Lipinski definition) is 1. The Morgan fingerprint density at radius 1 is 0.952 bits per heavy atom. The van der Waals surface area contributed by atoms with Crippen LogP contribution in [0.5, 0.6) is 5.75 Å². The normalized spacial score (nSPS) is 13.0. The molecule has 0 heterocycles. The van der Waals surface area contributed by atoms with Crippen LogP contribution in [0.2, 0.25) is 0 Å². The summed E-state index contributed by atoms with van der Waals surface area (Å²) in [5, 5.41) is 0. The van der Waals surface area contributed by atoms with Crippen LogP contribution in [-0.2, 0) is 5.41 Å². The van der Waals surface area contributed by atoms with Gasteiger partial charge in [-0.05, 0) is 41.5 Å². The third-order valence-corrected chi connectivity index (χ3v) is 3.80. The summed E-state index contributed by atoms with van der Waals surface area (Å²) >= 11 is 0. The maximum absolute atomic E-state index is 6.18. The summed E-state index contributed by atoms with van der Waals surface area (Å²) in [5.41, 5.74) is 3.79. The minimum Gasteiger partial charge on any atom is -0.490 e. The van der Waals surface area contributed by atoms with Crippen LogP contribution < -0.4 is 4.74 Å². The molecule has 2 aromatic carbocycles. The third kappa shape index (κ3) is 3.87. The van der Waals surface area contributed by atoms with Gasteiger partial charge in [0.1, 0.15) is 5.75 Å². The highest BCUT2D eigenvalue weighted by Crippen LogP contribution is 2.35. The molecule has 0 saturated heterocycles. The molecular formula is C20H26O. The zero-order chi connectivity index (χ0) is 15.5. The van der Waals surface area contributed by atoms with Crippen LogP contribution in [0.15, 0.2) is 48.5 Å². The third-order valence-electron chi connectivity index (χ3n) is 3.80. The fourth-order valence-corrected chi connectivity index (χ4v) is 2.35. The molecule has 2 aromatic rings. The van der Waals surface area contributed by atoms with Crippen LogP contribution in [0.1, 0.15) is 46.6 Å². The molecule has 0 aliphatic heterocycles. The van der Waals surface area contributed by atoms with E-state index in [0.717, 1.165) is 12.2 Å². The van der Waals surface area contributed by atoms with Gasteiger partial charge in [-0.15, -0.1) is 0 Å². The summed E-state index contributed by atoms with van der Waals surface area (Å²) in [5.74, 6) is 1.01. The molecule has 0 aromatic heterocycles. The standard InChI is InChI=1S/C20H26O/c1-6-15(2)21-19-14-17(16-10-8-7-9-11-16)12-13-18(19)20(3,4)5/h7-15H,6H2,1-5H3. The van der Waals surface area contributed by atoms with Gasteiger partial charge >= 0.3 is 0 Å². The van der Waals surface area contributed by atoms with Crippen LogP contribution >= 0.6 is 0 Å². The van der Waals surface area contributed by atoms with Gasteiger partial charge in [0.25, 0.3) is 0 Å². The molecule has 21 heavy (non-hydrogen) atoms. The largest absolute Gasteiger partial charge is 0.490 e. The Balaban J connectivity index is 2.46. The molecular weight excluding hydrogens is 256 g/mol. The Hall–Kier alpha value is -1.76. The highest BCUT2D eigenvalue weighted by Gasteiger charge is 2.20. The molecule has 1 nitrogen and oxygen atoms in total. The number of rotatable bonds is 4. The molecule has 0 saturated carbocycles. The number of benzene rings is 2. The van der Waals surface area contributed by atoms with E-state index in [4.69, 9.17) is 4.74 Å². The summed E-state index contributed by atoms with van der Waals surface area (Å²) < 4.78 is 6.18. The molecule has 0 N–H and O–H groups in total. The summed E-state index contributed by atoms with van der Waals surface area (Å²) in [4.78, 5) is 0. The molecule has 0 fully saturated rings. The predicted molar refractivity (Wildman–Crippen MR) is 91.0 cm³/mol. The topological polar surface area (TPSA) is 9.23 Å². The number of hydrogen-bond donors (Lipinski definition) is 0. The van der Waals surface area contributed by atoms with Gasteiger partial charge in [0, 0.05) is 0 Å². The zero-order valence-electron chi connectivity index (χ0n) is 13.8. The van der Waals surface area contributed by atoms with E-state index in [1.165, 1.54) is 16.7 Å². The second-order valence-electron chi connectivity index (χ2n) is 6.66. The summed E-state index contributed by atoms with van der Waals surface area (Å²) in [6.45, 7) is 11.0. The van der Waals surface area contributed by atoms with Crippen molar-refractivity contribution in [3.8, 4) is 16.9 Å². The van der Waals surface area contributed by atoms with Gasteiger partial charge in [-0.2, -0.15) is 0 Å². The van der Waals surface area contributed by atoms with E-state index < -0.39 is 0 Å². The molecule has 0 aliphatic rings. The van der Waals surface area contributed by atoms with Crippen molar-refractivity contribution in [3.05, 3.63) is 54.1 Å². The van der Waals surface area contributed by atoms with E-state index in [1.807, 2.05) is 6.07 Å². The van der Waals surface area contributed by atoms with Gasteiger partial charge in [0.05, 0.1) is 6.10 Å². The molecule has 1 unspecified atom stereocenters. The number of ether oxygens (including phenoxy) is 1. The Morgan fingerprint density at radius 3 is 2.19 bits per heavy atom. The molecule has 1 heteroatoms. The van der Waals surface area contributed by atoms with Gasteiger partial charge in [-0.3, -0.25) is 0 Å². The van der Waals surface area contributed by atoms with Gasteiger partial charge in [-0.25, -0.2) is 0 Å². The van der Waals surface area contributed by atoms with Crippen LogP contribution in [0.25, 0.3) is 11.1 Å². The fourth-order valence-electron chi connectivity index (χ4n) is 2.35. The van der Waals surface area contributed by atoms with Crippen molar-refractivity contribution in [2.75, 3.05) is 0 Å². The quantitative estimate of drug-likeness (QED) is 0.685. The summed E-state index contributed by atoms with van der Waals surface area (Å²) in [6.07, 6.45) is 1.25. The Morgan fingerprint density at radius 2 is 1.62 bits per heavy atom. The molecule has 0 radical (unpaired) electrons. The van der Waals surface area contributed by atoms with E-state index in [9.17, 15) is 0 Å². The van der Waals surface area contributed by atoms with Crippen LogP contribution in [0.3, 0.4) is 0 Å². The first-order valence-electron chi connectivity index (χ1n) is 7.78. The first-order valence-corrected chi connectivity index (χ1v) is 7.78. The van der Waals surface area contributed by atoms with Crippen LogP contribution in [0.4, 0.5) is 0 Å². The van der Waals surface area contributed by atoms with Crippen LogP contribution in [-0.4, -0.2) is 6.10 Å². The second-order valence-corrected chi connectivity index (χ2v) is 6.66. The predicted octanol–water partition coefficient (Wildman–Crippen LogP) is 5.83. The van der Waals surface area contributed by atoms with Crippen molar-refractivity contribution in [1.82, 2.24) is 0 Å². The van der Waals surface area contributed by atoms with Gasteiger partial charge in [0.2, 0.25) is 0 Å². The average molecular weight is 282 g/mol. The first-order chi connectivity index (χ1) is 9.91. The lowest BCUT2D eigenvalue weighted by molar-refractivity contribution is 0.212. The van der Waals surface area contributed by atoms with Gasteiger partial charge in [-0.1, -0.05) is 70.2 Å². The maximum atomic E-state index is 6.18. The van der Waals surface area contributed by atoms with Crippen molar-refractivity contribution < 1.29 is 4.74 Å². The minimum absolute atomic E-state index is 0.0814. The van der Waals surface area contributed by atoms with Gasteiger partial charge in [0.15, 0.2) is 0 Å². The minimum atomic E-state index is 0.0814. The Kier molecular flexibility index (Phi) is 4.72. The highest BCUT2D eigenvalue weighted by molar-refractivity contribution is 5.66. The highest BCUT2D eigenvalue weighted by atomic mass is 16.5. The second kappa shape index (κ2) is 6.34. The van der Waals surface area contributed by atoms with E-state index in [2.05, 4.69) is 77.1 Å². The van der Waals surface area contributed by atoms with Crippen molar-refractivity contribution in [2.45, 2.75) is 52.6 Å². The first kappa shape index (κ1) is 15.6. The van der Waals surface area contributed by atoms with Crippen molar-refractivity contribution in [3.63, 3.8) is 0 Å². The fraction of sp³-hybridized carbons (Fsp3) is 0.400. The average Bonchev–Trinajstić information content (AvgIpc) is 2.46. The molecule has 0 spiro atoms. The van der Waals surface area contributed by atoms with E-state index in [0.29, 0.717) is 0 Å².